The molecule has 2 fully saturated rings. The van der Waals surface area contributed by atoms with Crippen molar-refractivity contribution in [1.29, 1.82) is 0 Å². The van der Waals surface area contributed by atoms with Gasteiger partial charge in [-0.2, -0.15) is 0 Å². The molecule has 1 unspecified atom stereocenters. The lowest BCUT2D eigenvalue weighted by Gasteiger charge is -2.33. The molecule has 0 radical (unpaired) electrons. The van der Waals surface area contributed by atoms with E-state index < -0.39 is 17.6 Å². The molecule has 2 N–H and O–H groups in total. The van der Waals surface area contributed by atoms with Gasteiger partial charge < -0.3 is 20.1 Å². The summed E-state index contributed by atoms with van der Waals surface area (Å²) in [5.74, 6) is -1.22. The van der Waals surface area contributed by atoms with Gasteiger partial charge in [0.05, 0.1) is 0 Å². The highest BCUT2D eigenvalue weighted by atomic mass is 16.5. The minimum absolute atomic E-state index is 0.0168. The number of hydrogen-bond donors (Lipinski definition) is 2. The van der Waals surface area contributed by atoms with Crippen molar-refractivity contribution in [3.05, 3.63) is 59.7 Å². The maximum Gasteiger partial charge on any atom is 0.407 e. The Morgan fingerprint density at radius 1 is 1.06 bits per heavy atom. The zero-order chi connectivity index (χ0) is 24.6. The number of nitrogens with one attached hydrogen (secondary N) is 1. The van der Waals surface area contributed by atoms with Gasteiger partial charge in [0.15, 0.2) is 0 Å². The van der Waals surface area contributed by atoms with E-state index in [1.165, 1.54) is 22.3 Å². The van der Waals surface area contributed by atoms with E-state index in [0.717, 1.165) is 12.8 Å². The molecule has 0 aromatic heterocycles. The number of carbonyl (C=O) groups is 3. The fourth-order valence-electron chi connectivity index (χ4n) is 6.25. The molecule has 7 nitrogen and oxygen atoms in total. The number of rotatable bonds is 8. The van der Waals surface area contributed by atoms with Crippen LogP contribution in [0.3, 0.4) is 0 Å². The summed E-state index contributed by atoms with van der Waals surface area (Å²) in [6, 6.07) is 16.5. The number of fused-ring (bicyclic) bond motifs is 5. The van der Waals surface area contributed by atoms with Crippen LogP contribution in [-0.2, 0) is 14.3 Å². The van der Waals surface area contributed by atoms with Gasteiger partial charge in [0.25, 0.3) is 0 Å². The normalized spacial score (nSPS) is 23.0. The van der Waals surface area contributed by atoms with E-state index in [9.17, 15) is 19.5 Å². The third-order valence-corrected chi connectivity index (χ3v) is 8.09. The molecule has 2 heterocycles. The topological polar surface area (TPSA) is 95.9 Å². The number of carboxylic acids is 1. The van der Waals surface area contributed by atoms with E-state index in [1.807, 2.05) is 31.2 Å². The minimum atomic E-state index is -1.00. The first kappa shape index (κ1) is 23.4. The molecule has 2 aromatic carbocycles. The van der Waals surface area contributed by atoms with Crippen molar-refractivity contribution in [2.24, 2.45) is 5.92 Å². The largest absolute Gasteiger partial charge is 0.479 e. The highest BCUT2D eigenvalue weighted by Crippen LogP contribution is 2.47. The highest BCUT2D eigenvalue weighted by molar-refractivity contribution is 5.90. The summed E-state index contributed by atoms with van der Waals surface area (Å²) >= 11 is 0. The van der Waals surface area contributed by atoms with Crippen molar-refractivity contribution < 1.29 is 24.2 Å². The number of amides is 2. The number of carboxylic acid groups (broad SMARTS) is 1. The average Bonchev–Trinajstić information content (AvgIpc) is 3.53. The van der Waals surface area contributed by atoms with E-state index in [-0.39, 0.29) is 30.4 Å². The van der Waals surface area contributed by atoms with E-state index in [1.54, 1.807) is 4.90 Å². The van der Waals surface area contributed by atoms with Crippen molar-refractivity contribution in [2.75, 3.05) is 13.2 Å². The molecular formula is C28H32N2O5. The van der Waals surface area contributed by atoms with Crippen LogP contribution in [0.2, 0.25) is 0 Å². The van der Waals surface area contributed by atoms with Crippen LogP contribution in [0, 0.1) is 5.92 Å². The quantitative estimate of drug-likeness (QED) is 0.545. The maximum atomic E-state index is 13.0. The summed E-state index contributed by atoms with van der Waals surface area (Å²) in [6.45, 7) is 2.52. The van der Waals surface area contributed by atoms with Crippen molar-refractivity contribution >= 4 is 18.0 Å². The second kappa shape index (κ2) is 9.36. The fraction of sp³-hybridized carbons (Fsp3) is 0.464. The number of hydrogen-bond acceptors (Lipinski definition) is 4. The summed E-state index contributed by atoms with van der Waals surface area (Å²) in [7, 11) is 0. The first-order chi connectivity index (χ1) is 16.9. The molecule has 1 aliphatic carbocycles. The average molecular weight is 477 g/mol. The van der Waals surface area contributed by atoms with Crippen molar-refractivity contribution in [3.8, 4) is 11.1 Å². The number of benzene rings is 2. The smallest absolute Gasteiger partial charge is 0.407 e. The first-order valence-corrected chi connectivity index (χ1v) is 12.6. The van der Waals surface area contributed by atoms with Crippen molar-refractivity contribution in [2.45, 2.75) is 62.9 Å². The Morgan fingerprint density at radius 3 is 2.26 bits per heavy atom. The van der Waals surface area contributed by atoms with Gasteiger partial charge in [-0.15, -0.1) is 0 Å². The van der Waals surface area contributed by atoms with E-state index >= 15 is 0 Å². The molecule has 2 aliphatic heterocycles. The summed E-state index contributed by atoms with van der Waals surface area (Å²) in [4.78, 5) is 38.9. The number of aliphatic carboxylic acids is 1. The molecule has 2 aromatic rings. The Bertz CT molecular complexity index is 1090. The van der Waals surface area contributed by atoms with Crippen LogP contribution in [0.15, 0.2) is 48.5 Å². The van der Waals surface area contributed by atoms with Gasteiger partial charge in [0.2, 0.25) is 5.91 Å². The molecule has 2 saturated heterocycles. The predicted octanol–water partition coefficient (Wildman–Crippen LogP) is 4.55. The zero-order valence-electron chi connectivity index (χ0n) is 20.0. The molecule has 184 valence electrons. The Kier molecular flexibility index (Phi) is 6.26. The lowest BCUT2D eigenvalue weighted by Crippen LogP contribution is -2.52. The first-order valence-electron chi connectivity index (χ1n) is 12.6. The Hall–Kier alpha value is -3.35. The van der Waals surface area contributed by atoms with Crippen LogP contribution in [0.4, 0.5) is 4.79 Å². The number of alkyl carbamates (subject to hydrolysis) is 1. The van der Waals surface area contributed by atoms with Gasteiger partial charge in [-0.1, -0.05) is 55.5 Å². The lowest BCUT2D eigenvalue weighted by molar-refractivity contribution is -0.156. The van der Waals surface area contributed by atoms with Gasteiger partial charge in [-0.3, -0.25) is 4.79 Å². The molecule has 35 heavy (non-hydrogen) atoms. The molecule has 0 spiro atoms. The SMILES string of the molecule is CC(CCCNC(=O)OCC1c2ccccc2-c2ccccc21)C(=O)N1C2CCC1(C(=O)O)CC2. The molecule has 5 rings (SSSR count). The number of ether oxygens (including phenoxy) is 1. The predicted molar refractivity (Wildman–Crippen MR) is 131 cm³/mol. The third kappa shape index (κ3) is 4.07. The number of carbonyl (C=O) groups excluding carboxylic acids is 2. The zero-order valence-corrected chi connectivity index (χ0v) is 20.0. The molecule has 1 atom stereocenters. The van der Waals surface area contributed by atoms with Crippen LogP contribution in [-0.4, -0.2) is 52.7 Å². The molecule has 0 saturated carbocycles. The van der Waals surface area contributed by atoms with Gasteiger partial charge >= 0.3 is 12.1 Å². The van der Waals surface area contributed by atoms with Gasteiger partial charge in [-0.25, -0.2) is 9.59 Å². The van der Waals surface area contributed by atoms with Crippen LogP contribution in [0.25, 0.3) is 11.1 Å². The molecule has 2 amide bonds. The van der Waals surface area contributed by atoms with E-state index in [0.29, 0.717) is 32.2 Å². The summed E-state index contributed by atoms with van der Waals surface area (Å²) < 4.78 is 5.56. The van der Waals surface area contributed by atoms with Crippen LogP contribution < -0.4 is 5.32 Å². The molecule has 7 heteroatoms. The molecular weight excluding hydrogens is 444 g/mol. The van der Waals surface area contributed by atoms with Gasteiger partial charge in [-0.05, 0) is 60.8 Å². The maximum absolute atomic E-state index is 13.0. The lowest BCUT2D eigenvalue weighted by atomic mass is 9.87. The molecule has 2 bridgehead atoms. The second-order valence-electron chi connectivity index (χ2n) is 10.1. The summed E-state index contributed by atoms with van der Waals surface area (Å²) in [5, 5.41) is 12.5. The number of nitrogens with zero attached hydrogens (tertiary/aromatic N) is 1. The molecule has 3 aliphatic rings. The highest BCUT2D eigenvalue weighted by Gasteiger charge is 2.59. The Morgan fingerprint density at radius 2 is 1.66 bits per heavy atom. The van der Waals surface area contributed by atoms with Crippen LogP contribution in [0.1, 0.15) is 62.5 Å². The summed E-state index contributed by atoms with van der Waals surface area (Å²) in [5.41, 5.74) is 3.71. The van der Waals surface area contributed by atoms with Crippen molar-refractivity contribution in [3.63, 3.8) is 0 Å². The Labute approximate surface area is 205 Å². The van der Waals surface area contributed by atoms with E-state index in [4.69, 9.17) is 4.74 Å². The monoisotopic (exact) mass is 476 g/mol. The van der Waals surface area contributed by atoms with Crippen molar-refractivity contribution in [1.82, 2.24) is 10.2 Å². The van der Waals surface area contributed by atoms with Gasteiger partial charge in [0, 0.05) is 24.4 Å². The standard InChI is InChI=1S/C28H32N2O5/c1-18(25(31)30-19-12-14-28(30,15-13-19)26(32)33)7-6-16-29-27(34)35-17-24-22-10-4-2-8-20(22)21-9-3-5-11-23(21)24/h2-5,8-11,18-19,24H,6-7,12-17H2,1H3,(H,29,34)(H,32,33). The van der Waals surface area contributed by atoms with Gasteiger partial charge in [0.1, 0.15) is 12.1 Å². The van der Waals surface area contributed by atoms with Crippen LogP contribution in [0.5, 0.6) is 0 Å². The Balaban J connectivity index is 1.08. The van der Waals surface area contributed by atoms with E-state index in [2.05, 4.69) is 29.6 Å². The summed E-state index contributed by atoms with van der Waals surface area (Å²) in [6.07, 6.45) is 3.39. The fourth-order valence-corrected chi connectivity index (χ4v) is 6.25. The van der Waals surface area contributed by atoms with Crippen LogP contribution >= 0.6 is 0 Å². The third-order valence-electron chi connectivity index (χ3n) is 8.09. The minimum Gasteiger partial charge on any atom is -0.479 e. The second-order valence-corrected chi connectivity index (χ2v) is 10.1.